The van der Waals surface area contributed by atoms with Crippen molar-refractivity contribution in [1.82, 2.24) is 0 Å². The van der Waals surface area contributed by atoms with Gasteiger partial charge in [0.25, 0.3) is 10.0 Å². The largest absolute Gasteiger partial charge is 0.495 e. The van der Waals surface area contributed by atoms with Crippen LogP contribution in [-0.4, -0.2) is 15.5 Å². The molecule has 9 heteroatoms. The van der Waals surface area contributed by atoms with Gasteiger partial charge >= 0.3 is 6.18 Å². The van der Waals surface area contributed by atoms with E-state index in [1.54, 1.807) is 19.1 Å². The molecule has 24 heavy (non-hydrogen) atoms. The third-order valence-electron chi connectivity index (χ3n) is 3.15. The Morgan fingerprint density at radius 3 is 2.38 bits per heavy atom. The molecule has 130 valence electrons. The van der Waals surface area contributed by atoms with E-state index in [-0.39, 0.29) is 16.5 Å². The molecular weight excluding hydrogens is 367 g/mol. The summed E-state index contributed by atoms with van der Waals surface area (Å²) in [6.45, 7) is 1.78. The van der Waals surface area contributed by atoms with Crippen LogP contribution in [0.2, 0.25) is 5.02 Å². The summed E-state index contributed by atoms with van der Waals surface area (Å²) in [5, 5.41) is -0.318. The summed E-state index contributed by atoms with van der Waals surface area (Å²) in [5.41, 5.74) is -0.188. The average Bonchev–Trinajstić information content (AvgIpc) is 2.47. The molecule has 0 aliphatic rings. The Balaban J connectivity index is 2.48. The predicted octanol–water partition coefficient (Wildman–Crippen LogP) is 4.48. The number of benzene rings is 2. The summed E-state index contributed by atoms with van der Waals surface area (Å²) in [4.78, 5) is -0.665. The summed E-state index contributed by atoms with van der Waals surface area (Å²) < 4.78 is 70.5. The van der Waals surface area contributed by atoms with Crippen molar-refractivity contribution < 1.29 is 26.3 Å². The third-order valence-corrected chi connectivity index (χ3v) is 5.00. The molecule has 0 unspecified atom stereocenters. The molecule has 1 N–H and O–H groups in total. The molecule has 0 saturated heterocycles. The highest BCUT2D eigenvalue weighted by molar-refractivity contribution is 7.92. The van der Waals surface area contributed by atoms with Gasteiger partial charge in [-0.1, -0.05) is 17.7 Å². The maximum atomic E-state index is 12.8. The van der Waals surface area contributed by atoms with Gasteiger partial charge < -0.3 is 4.74 Å². The Morgan fingerprint density at radius 1 is 1.12 bits per heavy atom. The minimum atomic E-state index is -4.68. The van der Waals surface area contributed by atoms with E-state index in [0.717, 1.165) is 11.6 Å². The smallest absolute Gasteiger partial charge is 0.416 e. The molecule has 0 aliphatic heterocycles. The van der Waals surface area contributed by atoms with Crippen LogP contribution >= 0.6 is 11.6 Å². The summed E-state index contributed by atoms with van der Waals surface area (Å²) in [6.07, 6.45) is -4.68. The van der Waals surface area contributed by atoms with Gasteiger partial charge in [0.05, 0.1) is 23.4 Å². The molecule has 4 nitrogen and oxygen atoms in total. The SMILES string of the molecule is COc1cc(C)ccc1NS(=O)(=O)c1cc(C(F)(F)F)ccc1Cl. The summed E-state index contributed by atoms with van der Waals surface area (Å²) in [5.74, 6) is 0.238. The molecule has 0 saturated carbocycles. The third kappa shape index (κ3) is 3.93. The van der Waals surface area contributed by atoms with Gasteiger partial charge in [-0.2, -0.15) is 13.2 Å². The van der Waals surface area contributed by atoms with Gasteiger partial charge in [0, 0.05) is 0 Å². The summed E-state index contributed by atoms with van der Waals surface area (Å²) in [6, 6.07) is 6.78. The van der Waals surface area contributed by atoms with E-state index in [0.29, 0.717) is 12.1 Å². The number of alkyl halides is 3. The van der Waals surface area contributed by atoms with E-state index in [9.17, 15) is 21.6 Å². The van der Waals surface area contributed by atoms with Crippen LogP contribution in [0.4, 0.5) is 18.9 Å². The van der Waals surface area contributed by atoms with Gasteiger partial charge in [0.15, 0.2) is 0 Å². The molecule has 0 radical (unpaired) electrons. The van der Waals surface area contributed by atoms with Crippen LogP contribution in [0.5, 0.6) is 5.75 Å². The van der Waals surface area contributed by atoms with Gasteiger partial charge in [0.2, 0.25) is 0 Å². The van der Waals surface area contributed by atoms with Crippen LogP contribution in [-0.2, 0) is 16.2 Å². The maximum absolute atomic E-state index is 12.8. The number of ether oxygens (including phenoxy) is 1. The standard InChI is InChI=1S/C15H13ClF3NO3S/c1-9-3-6-12(13(7-9)23-2)20-24(21,22)14-8-10(15(17,18)19)4-5-11(14)16/h3-8,20H,1-2H3. The van der Waals surface area contributed by atoms with Crippen molar-refractivity contribution in [2.24, 2.45) is 0 Å². The van der Waals surface area contributed by atoms with Crippen LogP contribution < -0.4 is 9.46 Å². The zero-order valence-corrected chi connectivity index (χ0v) is 14.2. The Bertz CT molecular complexity index is 867. The molecule has 0 spiro atoms. The van der Waals surface area contributed by atoms with Gasteiger partial charge in [0.1, 0.15) is 10.6 Å². The van der Waals surface area contributed by atoms with Crippen molar-refractivity contribution in [3.63, 3.8) is 0 Å². The second kappa shape index (κ2) is 6.52. The molecule has 2 aromatic rings. The lowest BCUT2D eigenvalue weighted by atomic mass is 10.2. The second-order valence-electron chi connectivity index (χ2n) is 4.95. The van der Waals surface area contributed by atoms with Crippen LogP contribution in [0.1, 0.15) is 11.1 Å². The topological polar surface area (TPSA) is 55.4 Å². The number of hydrogen-bond donors (Lipinski definition) is 1. The van der Waals surface area contributed by atoms with E-state index in [2.05, 4.69) is 4.72 Å². The van der Waals surface area contributed by atoms with Crippen molar-refractivity contribution in [2.75, 3.05) is 11.8 Å². The predicted molar refractivity (Wildman–Crippen MR) is 85.0 cm³/mol. The highest BCUT2D eigenvalue weighted by atomic mass is 35.5. The molecule has 2 rings (SSSR count). The highest BCUT2D eigenvalue weighted by Gasteiger charge is 2.33. The fourth-order valence-corrected chi connectivity index (χ4v) is 3.57. The number of anilines is 1. The maximum Gasteiger partial charge on any atom is 0.416 e. The van der Waals surface area contributed by atoms with E-state index in [4.69, 9.17) is 16.3 Å². The number of nitrogens with one attached hydrogen (secondary N) is 1. The first-order valence-electron chi connectivity index (χ1n) is 6.59. The van der Waals surface area contributed by atoms with Gasteiger partial charge in [-0.05, 0) is 42.8 Å². The van der Waals surface area contributed by atoms with E-state index in [1.807, 2.05) is 0 Å². The Hall–Kier alpha value is -1.93. The minimum Gasteiger partial charge on any atom is -0.495 e. The first-order chi connectivity index (χ1) is 11.0. The number of aryl methyl sites for hydroxylation is 1. The Morgan fingerprint density at radius 2 is 1.79 bits per heavy atom. The number of sulfonamides is 1. The molecule has 2 aromatic carbocycles. The lowest BCUT2D eigenvalue weighted by molar-refractivity contribution is -0.137. The normalized spacial score (nSPS) is 12.1. The number of methoxy groups -OCH3 is 1. The van der Waals surface area contributed by atoms with Crippen molar-refractivity contribution in [3.8, 4) is 5.75 Å². The lowest BCUT2D eigenvalue weighted by Gasteiger charge is -2.14. The average molecular weight is 380 g/mol. The van der Waals surface area contributed by atoms with Crippen molar-refractivity contribution in [3.05, 3.63) is 52.5 Å². The van der Waals surface area contributed by atoms with Crippen LogP contribution in [0.25, 0.3) is 0 Å². The van der Waals surface area contributed by atoms with Gasteiger partial charge in [-0.3, -0.25) is 4.72 Å². The van der Waals surface area contributed by atoms with Crippen molar-refractivity contribution >= 4 is 27.3 Å². The molecule has 0 aliphatic carbocycles. The zero-order chi connectivity index (χ0) is 18.1. The summed E-state index contributed by atoms with van der Waals surface area (Å²) >= 11 is 5.78. The zero-order valence-electron chi connectivity index (χ0n) is 12.6. The molecule has 0 atom stereocenters. The molecular formula is C15H13ClF3NO3S. The molecule has 0 amide bonds. The first kappa shape index (κ1) is 18.4. The molecule has 0 aromatic heterocycles. The second-order valence-corrected chi connectivity index (χ2v) is 7.01. The van der Waals surface area contributed by atoms with E-state index >= 15 is 0 Å². The summed E-state index contributed by atoms with van der Waals surface area (Å²) in [7, 11) is -2.98. The van der Waals surface area contributed by atoms with Gasteiger partial charge in [-0.25, -0.2) is 8.42 Å². The lowest BCUT2D eigenvalue weighted by Crippen LogP contribution is -2.16. The molecule has 0 fully saturated rings. The van der Waals surface area contributed by atoms with Gasteiger partial charge in [-0.15, -0.1) is 0 Å². The minimum absolute atomic E-state index is 0.0941. The number of halogens is 4. The fraction of sp³-hybridized carbons (Fsp3) is 0.200. The monoisotopic (exact) mass is 379 g/mol. The molecule has 0 bridgehead atoms. The van der Waals surface area contributed by atoms with E-state index in [1.165, 1.54) is 13.2 Å². The Kier molecular flexibility index (Phi) is 5.00. The van der Waals surface area contributed by atoms with Crippen LogP contribution in [0, 0.1) is 6.92 Å². The van der Waals surface area contributed by atoms with Crippen LogP contribution in [0.15, 0.2) is 41.3 Å². The fourth-order valence-electron chi connectivity index (χ4n) is 1.97. The number of rotatable bonds is 4. The van der Waals surface area contributed by atoms with Crippen LogP contribution in [0.3, 0.4) is 0 Å². The quantitative estimate of drug-likeness (QED) is 0.852. The van der Waals surface area contributed by atoms with E-state index < -0.39 is 26.7 Å². The number of hydrogen-bond acceptors (Lipinski definition) is 3. The highest BCUT2D eigenvalue weighted by Crippen LogP contribution is 2.35. The van der Waals surface area contributed by atoms with Crippen molar-refractivity contribution in [2.45, 2.75) is 18.0 Å². The van der Waals surface area contributed by atoms with Crippen molar-refractivity contribution in [1.29, 1.82) is 0 Å². The Labute approximate surface area is 142 Å². The molecule has 0 heterocycles. The first-order valence-corrected chi connectivity index (χ1v) is 8.45.